The van der Waals surface area contributed by atoms with Crippen LogP contribution in [0.25, 0.3) is 11.1 Å². The van der Waals surface area contributed by atoms with Gasteiger partial charge in [-0.2, -0.15) is 9.82 Å². The minimum absolute atomic E-state index is 0.179. The Morgan fingerprint density at radius 2 is 2.32 bits per heavy atom. The lowest BCUT2D eigenvalue weighted by atomic mass is 10.0. The SMILES string of the molecule is CO/N=C(/C(=O)NC1C(=O)N2C(C(=O)[O-])=C(CSc3nc4c[n+](C)ccc4o3)CS[C@@H]12)N1C=C(N)SN1. The van der Waals surface area contributed by atoms with Gasteiger partial charge in [0.25, 0.3) is 22.9 Å². The van der Waals surface area contributed by atoms with Crippen molar-refractivity contribution < 1.29 is 33.3 Å². The van der Waals surface area contributed by atoms with Gasteiger partial charge in [0, 0.05) is 17.6 Å². The second kappa shape index (κ2) is 10.2. The van der Waals surface area contributed by atoms with Crippen molar-refractivity contribution in [1.82, 2.24) is 25.0 Å². The molecule has 0 aliphatic carbocycles. The van der Waals surface area contributed by atoms with Gasteiger partial charge < -0.3 is 30.2 Å². The van der Waals surface area contributed by atoms with E-state index in [0.29, 0.717) is 32.7 Å². The van der Waals surface area contributed by atoms with Gasteiger partial charge in [-0.3, -0.25) is 14.5 Å². The van der Waals surface area contributed by atoms with Gasteiger partial charge in [-0.25, -0.2) is 9.58 Å². The van der Waals surface area contributed by atoms with Crippen LogP contribution >= 0.6 is 35.5 Å². The zero-order chi connectivity index (χ0) is 26.3. The van der Waals surface area contributed by atoms with E-state index in [0.717, 1.165) is 16.8 Å². The lowest BCUT2D eigenvalue weighted by Gasteiger charge is -2.50. The Morgan fingerprint density at radius 1 is 1.51 bits per heavy atom. The minimum Gasteiger partial charge on any atom is -0.543 e. The highest BCUT2D eigenvalue weighted by atomic mass is 32.2. The van der Waals surface area contributed by atoms with E-state index in [2.05, 4.69) is 20.3 Å². The van der Waals surface area contributed by atoms with Gasteiger partial charge in [-0.15, -0.1) is 11.8 Å². The molecule has 2 atom stereocenters. The number of carbonyl (C=O) groups is 3. The number of rotatable bonds is 6. The summed E-state index contributed by atoms with van der Waals surface area (Å²) in [5, 5.41) is 19.7. The van der Waals surface area contributed by atoms with Crippen LogP contribution < -0.4 is 25.6 Å². The van der Waals surface area contributed by atoms with Crippen molar-refractivity contribution in [3.05, 3.63) is 41.0 Å². The zero-order valence-electron chi connectivity index (χ0n) is 19.4. The third-order valence-corrected chi connectivity index (χ3v) is 8.36. The van der Waals surface area contributed by atoms with Gasteiger partial charge in [-0.1, -0.05) is 16.9 Å². The van der Waals surface area contributed by atoms with Crippen LogP contribution in [0.2, 0.25) is 0 Å². The van der Waals surface area contributed by atoms with Gasteiger partial charge in [0.2, 0.25) is 0 Å². The number of carboxylic acid groups (broad SMARTS) is 1. The van der Waals surface area contributed by atoms with Crippen LogP contribution in [0.3, 0.4) is 0 Å². The molecule has 194 valence electrons. The summed E-state index contributed by atoms with van der Waals surface area (Å²) in [6, 6.07) is 0.830. The van der Waals surface area contributed by atoms with Gasteiger partial charge in [0.15, 0.2) is 23.5 Å². The van der Waals surface area contributed by atoms with Crippen LogP contribution in [0, 0.1) is 0 Å². The number of nitrogens with zero attached hydrogens (tertiary/aromatic N) is 5. The summed E-state index contributed by atoms with van der Waals surface area (Å²) >= 11 is 3.63. The fraction of sp³-hybridized carbons (Fsp3) is 0.300. The molecule has 2 aromatic heterocycles. The molecule has 3 aliphatic rings. The molecule has 2 amide bonds. The van der Waals surface area contributed by atoms with Crippen molar-refractivity contribution in [3.8, 4) is 0 Å². The Labute approximate surface area is 222 Å². The predicted octanol–water partition coefficient (Wildman–Crippen LogP) is -1.67. The van der Waals surface area contributed by atoms with Crippen molar-refractivity contribution in [1.29, 1.82) is 0 Å². The third kappa shape index (κ3) is 4.81. The minimum atomic E-state index is -1.47. The first-order valence-corrected chi connectivity index (χ1v) is 13.5. The largest absolute Gasteiger partial charge is 0.543 e. The van der Waals surface area contributed by atoms with Crippen LogP contribution in [0.4, 0.5) is 0 Å². The first kappa shape index (κ1) is 25.2. The average Bonchev–Trinajstić information content (AvgIpc) is 3.48. The first-order valence-electron chi connectivity index (χ1n) is 10.6. The molecule has 1 fully saturated rings. The normalized spacial score (nSPS) is 21.6. The lowest BCUT2D eigenvalue weighted by molar-refractivity contribution is -0.670. The molecule has 2 aromatic rings. The maximum atomic E-state index is 13.0. The highest BCUT2D eigenvalue weighted by Gasteiger charge is 2.53. The molecular formula is C20H20N8O6S3. The van der Waals surface area contributed by atoms with Crippen LogP contribution in [0.5, 0.6) is 0 Å². The van der Waals surface area contributed by atoms with E-state index in [1.54, 1.807) is 6.07 Å². The monoisotopic (exact) mass is 564 g/mol. The molecule has 1 unspecified atom stereocenters. The topological polar surface area (TPSA) is 182 Å². The zero-order valence-corrected chi connectivity index (χ0v) is 21.8. The molecule has 17 heteroatoms. The second-order valence-electron chi connectivity index (χ2n) is 7.92. The highest BCUT2D eigenvalue weighted by molar-refractivity contribution is 8.01. The molecule has 37 heavy (non-hydrogen) atoms. The number of pyridine rings is 1. The van der Waals surface area contributed by atoms with Crippen molar-refractivity contribution in [2.24, 2.45) is 17.9 Å². The van der Waals surface area contributed by atoms with E-state index >= 15 is 0 Å². The number of carbonyl (C=O) groups excluding carboxylic acids is 3. The number of carboxylic acids is 1. The molecule has 3 aliphatic heterocycles. The number of β-lactam (4-membered cyclic amide) rings is 1. The molecule has 0 saturated carbocycles. The van der Waals surface area contributed by atoms with Crippen LogP contribution in [0.1, 0.15) is 0 Å². The Balaban J connectivity index is 1.29. The molecule has 5 heterocycles. The summed E-state index contributed by atoms with van der Waals surface area (Å²) in [6.45, 7) is 0. The van der Waals surface area contributed by atoms with E-state index < -0.39 is 29.2 Å². The van der Waals surface area contributed by atoms with E-state index in [1.165, 1.54) is 41.8 Å². The molecule has 1 saturated heterocycles. The number of amides is 2. The first-order chi connectivity index (χ1) is 17.8. The van der Waals surface area contributed by atoms with Crippen molar-refractivity contribution >= 4 is 70.2 Å². The number of thioether (sulfide) groups is 2. The summed E-state index contributed by atoms with van der Waals surface area (Å²) in [7, 11) is 3.14. The van der Waals surface area contributed by atoms with Crippen molar-refractivity contribution in [2.75, 3.05) is 18.6 Å². The maximum Gasteiger partial charge on any atom is 0.292 e. The van der Waals surface area contributed by atoms with Crippen LogP contribution in [-0.4, -0.2) is 68.5 Å². The maximum absolute atomic E-state index is 13.0. The quantitative estimate of drug-likeness (QED) is 0.0690. The van der Waals surface area contributed by atoms with Crippen molar-refractivity contribution in [3.63, 3.8) is 0 Å². The number of aliphatic carboxylic acids is 1. The summed E-state index contributed by atoms with van der Waals surface area (Å²) < 4.78 is 7.56. The lowest BCUT2D eigenvalue weighted by Crippen LogP contribution is -2.72. The van der Waals surface area contributed by atoms with Crippen LogP contribution in [0.15, 0.2) is 55.8 Å². The average molecular weight is 565 g/mol. The number of hydrazine groups is 1. The fourth-order valence-corrected chi connectivity index (χ4v) is 6.65. The third-order valence-electron chi connectivity index (χ3n) is 5.47. The molecular weight excluding hydrogens is 544 g/mol. The molecule has 0 aromatic carbocycles. The van der Waals surface area contributed by atoms with Gasteiger partial charge in [0.05, 0.1) is 17.9 Å². The number of hydrogen-bond acceptors (Lipinski definition) is 13. The van der Waals surface area contributed by atoms with E-state index in [1.807, 2.05) is 24.0 Å². The molecule has 5 rings (SSSR count). The Bertz CT molecular complexity index is 1390. The van der Waals surface area contributed by atoms with E-state index in [9.17, 15) is 19.5 Å². The summed E-state index contributed by atoms with van der Waals surface area (Å²) in [5.74, 6) is -2.37. The number of hydrogen-bond donors (Lipinski definition) is 3. The fourth-order valence-electron chi connectivity index (χ4n) is 3.82. The Morgan fingerprint density at radius 3 is 3.03 bits per heavy atom. The van der Waals surface area contributed by atoms with E-state index in [-0.39, 0.29) is 17.3 Å². The number of oxime groups is 1. The summed E-state index contributed by atoms with van der Waals surface area (Å²) in [5.41, 5.74) is 7.28. The molecule has 4 N–H and O–H groups in total. The standard InChI is InChI=1S/C20H20N8O6S3/c1-26-4-3-11-10(5-26)22-20(34-11)36-8-9-7-35-18-13(17(30)28(18)14(9)19(31)32)23-16(29)15(24-33-2)27-6-12(21)37-25-27/h3-6,13,18,25H,7-8,21H2,1-2H3,(H-,23,29,31,32)/b24-15-/t13?,18-/m0/s1. The predicted molar refractivity (Wildman–Crippen MR) is 132 cm³/mol. The van der Waals surface area contributed by atoms with E-state index in [4.69, 9.17) is 15.0 Å². The van der Waals surface area contributed by atoms with Gasteiger partial charge >= 0.3 is 0 Å². The van der Waals surface area contributed by atoms with Gasteiger partial charge in [-0.05, 0) is 17.5 Å². The summed E-state index contributed by atoms with van der Waals surface area (Å²) in [6.07, 6.45) is 5.08. The number of fused-ring (bicyclic) bond motifs is 2. The highest BCUT2D eigenvalue weighted by Crippen LogP contribution is 2.41. The number of amidine groups is 1. The smallest absolute Gasteiger partial charge is 0.292 e. The molecule has 0 spiro atoms. The van der Waals surface area contributed by atoms with Gasteiger partial charge in [0.1, 0.15) is 30.6 Å². The number of nitrogens with two attached hydrogens (primary N) is 1. The second-order valence-corrected chi connectivity index (χ2v) is 10.8. The Hall–Kier alpha value is -3.41. The Kier molecular flexibility index (Phi) is 6.93. The van der Waals surface area contributed by atoms with Crippen molar-refractivity contribution in [2.45, 2.75) is 16.6 Å². The number of aryl methyl sites for hydroxylation is 1. The summed E-state index contributed by atoms with van der Waals surface area (Å²) in [4.78, 5) is 50.9. The number of nitrogens with one attached hydrogen (secondary N) is 2. The molecule has 14 nitrogen and oxygen atoms in total. The molecule has 0 bridgehead atoms. The number of oxazole rings is 1. The molecule has 0 radical (unpaired) electrons. The van der Waals surface area contributed by atoms with Crippen LogP contribution in [-0.2, 0) is 26.3 Å². The number of aromatic nitrogens is 2.